The topological polar surface area (TPSA) is 46.2 Å². The van der Waals surface area contributed by atoms with Crippen molar-refractivity contribution >= 4 is 23.1 Å². The number of nitrogens with one attached hydrogen (secondary N) is 2. The molecule has 0 spiro atoms. The third-order valence-corrected chi connectivity index (χ3v) is 2.17. The third kappa shape index (κ3) is 4.55. The normalized spacial score (nSPS) is 11.9. The summed E-state index contributed by atoms with van der Waals surface area (Å²) in [5.41, 5.74) is 1.14. The molecule has 0 saturated carbocycles. The molecular formula is C11H17N3OS. The molecule has 0 amide bonds. The lowest BCUT2D eigenvalue weighted by Gasteiger charge is -2.15. The minimum atomic E-state index is 0.176. The van der Waals surface area contributed by atoms with E-state index in [1.54, 1.807) is 13.3 Å². The van der Waals surface area contributed by atoms with E-state index in [1.807, 2.05) is 26.0 Å². The number of aryl methyl sites for hydroxylation is 1. The van der Waals surface area contributed by atoms with E-state index in [1.165, 1.54) is 0 Å². The molecule has 16 heavy (non-hydrogen) atoms. The number of thiocarbonyl (C=S) groups is 1. The van der Waals surface area contributed by atoms with Gasteiger partial charge in [-0.1, -0.05) is 0 Å². The lowest BCUT2D eigenvalue weighted by Crippen LogP contribution is -2.38. The smallest absolute Gasteiger partial charge is 0.172 e. The van der Waals surface area contributed by atoms with E-state index >= 15 is 0 Å². The monoisotopic (exact) mass is 239 g/mol. The van der Waals surface area contributed by atoms with Gasteiger partial charge in [0.1, 0.15) is 5.82 Å². The second-order valence-corrected chi connectivity index (χ2v) is 4.08. The second-order valence-electron chi connectivity index (χ2n) is 3.67. The quantitative estimate of drug-likeness (QED) is 0.783. The Labute approximate surface area is 101 Å². The number of rotatable bonds is 4. The van der Waals surface area contributed by atoms with Gasteiger partial charge < -0.3 is 15.4 Å². The zero-order chi connectivity index (χ0) is 12.0. The van der Waals surface area contributed by atoms with E-state index in [0.717, 1.165) is 11.4 Å². The molecule has 4 nitrogen and oxygen atoms in total. The van der Waals surface area contributed by atoms with Crippen LogP contribution in [0.3, 0.4) is 0 Å². The van der Waals surface area contributed by atoms with Crippen LogP contribution in [0, 0.1) is 6.92 Å². The first-order valence-corrected chi connectivity index (χ1v) is 5.51. The molecule has 0 aliphatic rings. The van der Waals surface area contributed by atoms with Crippen LogP contribution in [-0.4, -0.2) is 29.9 Å². The van der Waals surface area contributed by atoms with Crippen LogP contribution in [0.2, 0.25) is 0 Å². The van der Waals surface area contributed by atoms with Gasteiger partial charge in [0.25, 0.3) is 0 Å². The number of aromatic nitrogens is 1. The molecule has 1 aromatic rings. The summed E-state index contributed by atoms with van der Waals surface area (Å²) in [6.07, 6.45) is 1.75. The van der Waals surface area contributed by atoms with E-state index in [2.05, 4.69) is 15.6 Å². The SMILES string of the molecule is COCC(C)NC(=S)Nc1cc(C)ccn1. The van der Waals surface area contributed by atoms with Gasteiger partial charge in [0.2, 0.25) is 0 Å². The van der Waals surface area contributed by atoms with Crippen LogP contribution in [0.1, 0.15) is 12.5 Å². The minimum absolute atomic E-state index is 0.176. The lowest BCUT2D eigenvalue weighted by molar-refractivity contribution is 0.179. The largest absolute Gasteiger partial charge is 0.383 e. The summed E-state index contributed by atoms with van der Waals surface area (Å²) in [5, 5.41) is 6.69. The van der Waals surface area contributed by atoms with Crippen molar-refractivity contribution < 1.29 is 4.74 Å². The number of nitrogens with zero attached hydrogens (tertiary/aromatic N) is 1. The highest BCUT2D eigenvalue weighted by atomic mass is 32.1. The minimum Gasteiger partial charge on any atom is -0.383 e. The first-order chi connectivity index (χ1) is 7.61. The van der Waals surface area contributed by atoms with Gasteiger partial charge in [0.15, 0.2) is 5.11 Å². The summed E-state index contributed by atoms with van der Waals surface area (Å²) in [6, 6.07) is 4.05. The summed E-state index contributed by atoms with van der Waals surface area (Å²) in [6.45, 7) is 4.63. The molecule has 1 aromatic heterocycles. The Balaban J connectivity index is 2.45. The first-order valence-electron chi connectivity index (χ1n) is 5.11. The van der Waals surface area contributed by atoms with Crippen LogP contribution < -0.4 is 10.6 Å². The number of hydrogen-bond acceptors (Lipinski definition) is 3. The molecule has 1 atom stereocenters. The van der Waals surface area contributed by atoms with E-state index in [9.17, 15) is 0 Å². The van der Waals surface area contributed by atoms with E-state index in [0.29, 0.717) is 11.7 Å². The number of anilines is 1. The maximum absolute atomic E-state index is 5.15. The van der Waals surface area contributed by atoms with Gasteiger partial charge >= 0.3 is 0 Å². The molecule has 0 radical (unpaired) electrons. The van der Waals surface area contributed by atoms with Gasteiger partial charge in [-0.05, 0) is 43.8 Å². The zero-order valence-corrected chi connectivity index (χ0v) is 10.6. The Kier molecular flexibility index (Phi) is 5.14. The zero-order valence-electron chi connectivity index (χ0n) is 9.78. The standard InChI is InChI=1S/C11H17N3OS/c1-8-4-5-12-10(6-8)14-11(16)13-9(2)7-15-3/h4-6,9H,7H2,1-3H3,(H2,12,13,14,16). The fourth-order valence-corrected chi connectivity index (χ4v) is 1.58. The van der Waals surface area contributed by atoms with Gasteiger partial charge in [-0.2, -0.15) is 0 Å². The van der Waals surface area contributed by atoms with Crippen molar-refractivity contribution in [1.29, 1.82) is 0 Å². The Morgan fingerprint density at radius 1 is 1.62 bits per heavy atom. The van der Waals surface area contributed by atoms with Crippen LogP contribution in [0.25, 0.3) is 0 Å². The van der Waals surface area contributed by atoms with Crippen molar-refractivity contribution in [2.45, 2.75) is 19.9 Å². The molecule has 1 heterocycles. The molecule has 5 heteroatoms. The molecule has 1 unspecified atom stereocenters. The number of ether oxygens (including phenoxy) is 1. The van der Waals surface area contributed by atoms with Crippen molar-refractivity contribution in [2.75, 3.05) is 19.0 Å². The van der Waals surface area contributed by atoms with Gasteiger partial charge in [-0.15, -0.1) is 0 Å². The van der Waals surface area contributed by atoms with Crippen LogP contribution >= 0.6 is 12.2 Å². The van der Waals surface area contributed by atoms with E-state index in [-0.39, 0.29) is 6.04 Å². The predicted octanol–water partition coefficient (Wildman–Crippen LogP) is 1.71. The predicted molar refractivity (Wildman–Crippen MR) is 69.7 cm³/mol. The van der Waals surface area contributed by atoms with Crippen LogP contribution in [0.5, 0.6) is 0 Å². The van der Waals surface area contributed by atoms with Gasteiger partial charge in [-0.25, -0.2) is 4.98 Å². The summed E-state index contributed by atoms with van der Waals surface area (Å²) >= 11 is 5.15. The third-order valence-electron chi connectivity index (χ3n) is 1.95. The number of methoxy groups -OCH3 is 1. The molecule has 1 rings (SSSR count). The Bertz CT molecular complexity index is 357. The lowest BCUT2D eigenvalue weighted by atomic mass is 10.3. The van der Waals surface area contributed by atoms with Crippen LogP contribution in [0.15, 0.2) is 18.3 Å². The Hall–Kier alpha value is -1.20. The number of hydrogen-bond donors (Lipinski definition) is 2. The van der Waals surface area contributed by atoms with Gasteiger partial charge in [0, 0.05) is 19.3 Å². The average molecular weight is 239 g/mol. The molecule has 0 aliphatic heterocycles. The molecule has 0 saturated heterocycles. The Morgan fingerprint density at radius 2 is 2.38 bits per heavy atom. The summed E-state index contributed by atoms with van der Waals surface area (Å²) < 4.78 is 5.01. The fourth-order valence-electron chi connectivity index (χ4n) is 1.27. The first kappa shape index (κ1) is 12.9. The van der Waals surface area contributed by atoms with Crippen molar-refractivity contribution in [1.82, 2.24) is 10.3 Å². The number of pyridine rings is 1. The molecule has 2 N–H and O–H groups in total. The molecule has 0 fully saturated rings. The Morgan fingerprint density at radius 3 is 3.00 bits per heavy atom. The second kappa shape index (κ2) is 6.40. The molecular weight excluding hydrogens is 222 g/mol. The fraction of sp³-hybridized carbons (Fsp3) is 0.455. The van der Waals surface area contributed by atoms with Crippen LogP contribution in [0.4, 0.5) is 5.82 Å². The van der Waals surface area contributed by atoms with Crippen molar-refractivity contribution in [3.8, 4) is 0 Å². The van der Waals surface area contributed by atoms with E-state index in [4.69, 9.17) is 17.0 Å². The van der Waals surface area contributed by atoms with Gasteiger partial charge in [-0.3, -0.25) is 0 Å². The highest BCUT2D eigenvalue weighted by Crippen LogP contribution is 2.04. The molecule has 0 aromatic carbocycles. The van der Waals surface area contributed by atoms with Crippen molar-refractivity contribution in [3.05, 3.63) is 23.9 Å². The summed E-state index contributed by atoms with van der Waals surface area (Å²) in [7, 11) is 1.66. The van der Waals surface area contributed by atoms with Crippen LogP contribution in [-0.2, 0) is 4.74 Å². The van der Waals surface area contributed by atoms with E-state index < -0.39 is 0 Å². The molecule has 0 aliphatic carbocycles. The van der Waals surface area contributed by atoms with Gasteiger partial charge in [0.05, 0.1) is 6.61 Å². The van der Waals surface area contributed by atoms with Crippen molar-refractivity contribution in [3.63, 3.8) is 0 Å². The molecule has 88 valence electrons. The highest BCUT2D eigenvalue weighted by Gasteiger charge is 2.04. The summed E-state index contributed by atoms with van der Waals surface area (Å²) in [5.74, 6) is 0.752. The maximum atomic E-state index is 5.15. The van der Waals surface area contributed by atoms with Crippen molar-refractivity contribution in [2.24, 2.45) is 0 Å². The maximum Gasteiger partial charge on any atom is 0.172 e. The summed E-state index contributed by atoms with van der Waals surface area (Å²) in [4.78, 5) is 4.16. The average Bonchev–Trinajstić information content (AvgIpc) is 2.17. The molecule has 0 bridgehead atoms. The highest BCUT2D eigenvalue weighted by molar-refractivity contribution is 7.80.